The molecule has 7 nitrogen and oxygen atoms in total. The number of ether oxygens (including phenoxy) is 1. The zero-order valence-corrected chi connectivity index (χ0v) is 15.2. The Hall–Kier alpha value is -3.74. The summed E-state index contributed by atoms with van der Waals surface area (Å²) in [6, 6.07) is 11.3. The van der Waals surface area contributed by atoms with E-state index < -0.39 is 5.92 Å². The van der Waals surface area contributed by atoms with Gasteiger partial charge in [0.2, 0.25) is 5.88 Å². The molecule has 4 aromatic rings. The summed E-state index contributed by atoms with van der Waals surface area (Å²) in [5.41, 5.74) is 2.76. The number of fused-ring (bicyclic) bond motifs is 1. The molecule has 1 aromatic carbocycles. The highest BCUT2D eigenvalue weighted by molar-refractivity contribution is 5.87. The van der Waals surface area contributed by atoms with Crippen molar-refractivity contribution >= 4 is 23.0 Å². The summed E-state index contributed by atoms with van der Waals surface area (Å²) in [6.45, 7) is 0. The first-order valence-electron chi connectivity index (χ1n) is 8.84. The minimum absolute atomic E-state index is 0.383. The number of aromatic nitrogens is 4. The number of benzene rings is 1. The van der Waals surface area contributed by atoms with Crippen molar-refractivity contribution in [1.82, 2.24) is 19.9 Å². The maximum atomic E-state index is 12.2. The van der Waals surface area contributed by atoms with Crippen LogP contribution in [0.2, 0.25) is 0 Å². The molecule has 0 spiro atoms. The van der Waals surface area contributed by atoms with Gasteiger partial charge in [-0.1, -0.05) is 24.3 Å². The molecule has 0 saturated carbocycles. The Morgan fingerprint density at radius 3 is 2.79 bits per heavy atom. The summed E-state index contributed by atoms with van der Waals surface area (Å²) in [6.07, 6.45) is 9.41. The molecule has 140 valence electrons. The molecule has 2 unspecified atom stereocenters. The fraction of sp³-hybridized carbons (Fsp3) is 0.143. The van der Waals surface area contributed by atoms with Gasteiger partial charge in [0.15, 0.2) is 0 Å². The molecule has 0 aliphatic heterocycles. The number of para-hydroxylation sites is 1. The number of methoxy groups -OCH3 is 1. The van der Waals surface area contributed by atoms with Gasteiger partial charge in [0.05, 0.1) is 31.5 Å². The molecular formula is C21H19N5O2. The molecule has 0 saturated heterocycles. The van der Waals surface area contributed by atoms with E-state index in [9.17, 15) is 4.79 Å². The van der Waals surface area contributed by atoms with E-state index in [0.29, 0.717) is 11.7 Å². The van der Waals surface area contributed by atoms with Gasteiger partial charge in [-0.25, -0.2) is 0 Å². The van der Waals surface area contributed by atoms with Gasteiger partial charge < -0.3 is 19.8 Å². The average molecular weight is 373 g/mol. The van der Waals surface area contributed by atoms with Gasteiger partial charge in [0.25, 0.3) is 0 Å². The molecule has 0 fully saturated rings. The SMILES string of the molecule is COc1cncc(NC(c2cccnc2)C(C=O)c2c[nH]c3ccccc23)n1. The second kappa shape index (κ2) is 7.87. The highest BCUT2D eigenvalue weighted by atomic mass is 16.5. The third-order valence-electron chi connectivity index (χ3n) is 4.65. The lowest BCUT2D eigenvalue weighted by Crippen LogP contribution is -2.21. The van der Waals surface area contributed by atoms with Gasteiger partial charge >= 0.3 is 0 Å². The van der Waals surface area contributed by atoms with Crippen LogP contribution in [0.1, 0.15) is 23.1 Å². The van der Waals surface area contributed by atoms with Crippen molar-refractivity contribution in [3.05, 3.63) is 78.5 Å². The predicted octanol–water partition coefficient (Wildman–Crippen LogP) is 3.50. The van der Waals surface area contributed by atoms with Crippen molar-refractivity contribution in [3.63, 3.8) is 0 Å². The van der Waals surface area contributed by atoms with Crippen molar-refractivity contribution < 1.29 is 9.53 Å². The van der Waals surface area contributed by atoms with E-state index in [0.717, 1.165) is 28.3 Å². The molecule has 0 aliphatic rings. The number of rotatable bonds is 7. The molecule has 0 aliphatic carbocycles. The van der Waals surface area contributed by atoms with E-state index in [4.69, 9.17) is 4.74 Å². The Bertz CT molecular complexity index is 1080. The summed E-state index contributed by atoms with van der Waals surface area (Å²) >= 11 is 0. The fourth-order valence-electron chi connectivity index (χ4n) is 3.32. The number of carbonyl (C=O) groups excluding carboxylic acids is 1. The summed E-state index contributed by atoms with van der Waals surface area (Å²) in [7, 11) is 1.53. The van der Waals surface area contributed by atoms with E-state index in [1.54, 1.807) is 18.6 Å². The second-order valence-electron chi connectivity index (χ2n) is 6.31. The summed E-state index contributed by atoms with van der Waals surface area (Å²) in [4.78, 5) is 28.2. The molecule has 2 N–H and O–H groups in total. The second-order valence-corrected chi connectivity index (χ2v) is 6.31. The van der Waals surface area contributed by atoms with E-state index in [-0.39, 0.29) is 6.04 Å². The minimum Gasteiger partial charge on any atom is -0.480 e. The number of hydrogen-bond donors (Lipinski definition) is 2. The lowest BCUT2D eigenvalue weighted by molar-refractivity contribution is -0.109. The number of anilines is 1. The molecule has 0 amide bonds. The standard InChI is InChI=1S/C21H19N5O2/c1-28-20-12-23-11-19(25-20)26-21(14-5-4-8-22-9-14)17(13-27)16-10-24-18-7-3-2-6-15(16)18/h2-13,17,21,24H,1H3,(H,25,26). The molecule has 3 heterocycles. The maximum Gasteiger partial charge on any atom is 0.233 e. The third-order valence-corrected chi connectivity index (χ3v) is 4.65. The average Bonchev–Trinajstić information content (AvgIpc) is 3.18. The maximum absolute atomic E-state index is 12.2. The topological polar surface area (TPSA) is 92.8 Å². The van der Waals surface area contributed by atoms with Crippen molar-refractivity contribution in [1.29, 1.82) is 0 Å². The van der Waals surface area contributed by atoms with E-state index in [1.807, 2.05) is 42.6 Å². The molecular weight excluding hydrogens is 354 g/mol. The van der Waals surface area contributed by atoms with E-state index >= 15 is 0 Å². The van der Waals surface area contributed by atoms with Crippen LogP contribution in [0.5, 0.6) is 5.88 Å². The quantitative estimate of drug-likeness (QED) is 0.482. The van der Waals surface area contributed by atoms with Crippen molar-refractivity contribution in [2.45, 2.75) is 12.0 Å². The third kappa shape index (κ3) is 3.42. The van der Waals surface area contributed by atoms with E-state index in [2.05, 4.69) is 25.3 Å². The molecule has 0 radical (unpaired) electrons. The lowest BCUT2D eigenvalue weighted by atomic mass is 9.88. The first-order valence-corrected chi connectivity index (χ1v) is 8.84. The van der Waals surface area contributed by atoms with Crippen LogP contribution in [-0.2, 0) is 4.79 Å². The van der Waals surface area contributed by atoms with Gasteiger partial charge in [-0.3, -0.25) is 9.97 Å². The minimum atomic E-state index is -0.464. The largest absolute Gasteiger partial charge is 0.480 e. The van der Waals surface area contributed by atoms with Crippen molar-refractivity contribution in [2.75, 3.05) is 12.4 Å². The monoisotopic (exact) mass is 373 g/mol. The van der Waals surface area contributed by atoms with Gasteiger partial charge in [0.1, 0.15) is 12.1 Å². The van der Waals surface area contributed by atoms with Crippen molar-refractivity contribution in [3.8, 4) is 5.88 Å². The Morgan fingerprint density at radius 1 is 1.11 bits per heavy atom. The number of carbonyl (C=O) groups is 1. The van der Waals surface area contributed by atoms with Gasteiger partial charge in [-0.2, -0.15) is 4.98 Å². The lowest BCUT2D eigenvalue weighted by Gasteiger charge is -2.25. The first-order chi connectivity index (χ1) is 13.8. The molecule has 28 heavy (non-hydrogen) atoms. The van der Waals surface area contributed by atoms with E-state index in [1.165, 1.54) is 13.3 Å². The smallest absolute Gasteiger partial charge is 0.233 e. The van der Waals surface area contributed by atoms with Crippen LogP contribution in [0.15, 0.2) is 67.4 Å². The van der Waals surface area contributed by atoms with Crippen LogP contribution < -0.4 is 10.1 Å². The highest BCUT2D eigenvalue weighted by Gasteiger charge is 2.27. The molecule has 4 rings (SSSR count). The van der Waals surface area contributed by atoms with Crippen LogP contribution in [0.3, 0.4) is 0 Å². The number of nitrogens with one attached hydrogen (secondary N) is 2. The van der Waals surface area contributed by atoms with Gasteiger partial charge in [0, 0.05) is 29.5 Å². The number of H-pyrrole nitrogens is 1. The molecule has 3 aromatic heterocycles. The Kier molecular flexibility index (Phi) is 4.97. The fourth-order valence-corrected chi connectivity index (χ4v) is 3.32. The van der Waals surface area contributed by atoms with Crippen LogP contribution >= 0.6 is 0 Å². The first kappa shape index (κ1) is 17.7. The Balaban J connectivity index is 1.78. The summed E-state index contributed by atoms with van der Waals surface area (Å²) < 4.78 is 5.16. The Morgan fingerprint density at radius 2 is 2.00 bits per heavy atom. The molecule has 2 atom stereocenters. The van der Waals surface area contributed by atoms with Crippen molar-refractivity contribution in [2.24, 2.45) is 0 Å². The van der Waals surface area contributed by atoms with Crippen LogP contribution in [-0.4, -0.2) is 33.3 Å². The number of aldehydes is 1. The molecule has 0 bridgehead atoms. The van der Waals surface area contributed by atoms with Crippen LogP contribution in [0.25, 0.3) is 10.9 Å². The number of hydrogen-bond acceptors (Lipinski definition) is 6. The summed E-state index contributed by atoms with van der Waals surface area (Å²) in [5, 5.41) is 4.34. The zero-order valence-electron chi connectivity index (χ0n) is 15.2. The van der Waals surface area contributed by atoms with Crippen LogP contribution in [0.4, 0.5) is 5.82 Å². The zero-order chi connectivity index (χ0) is 19.3. The van der Waals surface area contributed by atoms with Gasteiger partial charge in [-0.15, -0.1) is 0 Å². The highest BCUT2D eigenvalue weighted by Crippen LogP contribution is 2.35. The summed E-state index contributed by atoms with van der Waals surface area (Å²) in [5.74, 6) is 0.443. The normalized spacial score (nSPS) is 13.0. The number of aromatic amines is 1. The molecule has 7 heteroatoms. The van der Waals surface area contributed by atoms with Crippen LogP contribution in [0, 0.1) is 0 Å². The number of pyridine rings is 1. The van der Waals surface area contributed by atoms with Gasteiger partial charge in [-0.05, 0) is 23.3 Å². The predicted molar refractivity (Wildman–Crippen MR) is 106 cm³/mol. The number of nitrogens with zero attached hydrogens (tertiary/aromatic N) is 3. The Labute approximate surface area is 161 Å².